The maximum absolute atomic E-state index is 11.7. The molecule has 0 amide bonds. The monoisotopic (exact) mass is 596 g/mol. The van der Waals surface area contributed by atoms with Crippen molar-refractivity contribution in [2.24, 2.45) is 0 Å². The van der Waals surface area contributed by atoms with E-state index in [0.717, 1.165) is 30.6 Å². The van der Waals surface area contributed by atoms with Gasteiger partial charge in [0.1, 0.15) is 5.44 Å². The Bertz CT molecular complexity index is 916. The van der Waals surface area contributed by atoms with Crippen molar-refractivity contribution in [3.8, 4) is 0 Å². The molecule has 0 saturated carbocycles. The van der Waals surface area contributed by atoms with Gasteiger partial charge >= 0.3 is 5.97 Å². The van der Waals surface area contributed by atoms with Crippen molar-refractivity contribution in [2.75, 3.05) is 5.75 Å². The summed E-state index contributed by atoms with van der Waals surface area (Å²) in [7, 11) is 0. The first kappa shape index (κ1) is 36.4. The molecule has 0 saturated heterocycles. The van der Waals surface area contributed by atoms with Gasteiger partial charge in [-0.05, 0) is 68.4 Å². The second-order valence-corrected chi connectivity index (χ2v) is 13.3. The van der Waals surface area contributed by atoms with E-state index in [1.807, 2.05) is 30.0 Å². The molecule has 0 aliphatic carbocycles. The van der Waals surface area contributed by atoms with Crippen molar-refractivity contribution in [2.45, 2.75) is 154 Å². The van der Waals surface area contributed by atoms with Crippen molar-refractivity contribution in [1.29, 1.82) is 0 Å². The van der Waals surface area contributed by atoms with Gasteiger partial charge in [0, 0.05) is 0 Å². The van der Waals surface area contributed by atoms with Crippen molar-refractivity contribution in [1.82, 2.24) is 0 Å². The number of rotatable bonds is 27. The molecule has 2 aromatic carbocycles. The van der Waals surface area contributed by atoms with Crippen LogP contribution in [0.2, 0.25) is 0 Å². The quantitative estimate of drug-likeness (QED) is 0.0823. The number of thioether (sulfide) groups is 1. The molecule has 0 aliphatic rings. The van der Waals surface area contributed by atoms with Crippen LogP contribution in [0.15, 0.2) is 54.6 Å². The highest BCUT2D eigenvalue weighted by atomic mass is 32.2. The number of aryl methyl sites for hydroxylation is 2. The molecule has 2 atom stereocenters. The number of aromatic carboxylic acids is 1. The molecular formula is C38H60O3S. The van der Waals surface area contributed by atoms with Crippen molar-refractivity contribution in [3.05, 3.63) is 71.3 Å². The number of carbonyl (C=O) groups is 1. The van der Waals surface area contributed by atoms with Crippen LogP contribution in [0.4, 0.5) is 0 Å². The number of carboxylic acids is 1. The molecule has 42 heavy (non-hydrogen) atoms. The van der Waals surface area contributed by atoms with Crippen LogP contribution >= 0.6 is 11.8 Å². The highest BCUT2D eigenvalue weighted by Gasteiger charge is 2.16. The molecule has 2 rings (SSSR count). The van der Waals surface area contributed by atoms with Crippen LogP contribution in [0.3, 0.4) is 0 Å². The van der Waals surface area contributed by atoms with Gasteiger partial charge in [0.05, 0.1) is 11.7 Å². The first-order chi connectivity index (χ1) is 20.6. The van der Waals surface area contributed by atoms with Crippen LogP contribution in [-0.4, -0.2) is 28.4 Å². The maximum atomic E-state index is 11.7. The van der Waals surface area contributed by atoms with E-state index in [1.54, 1.807) is 6.07 Å². The molecule has 0 aliphatic heterocycles. The lowest BCUT2D eigenvalue weighted by molar-refractivity contribution is 0.0366. The van der Waals surface area contributed by atoms with E-state index in [1.165, 1.54) is 115 Å². The van der Waals surface area contributed by atoms with Crippen molar-refractivity contribution < 1.29 is 14.6 Å². The summed E-state index contributed by atoms with van der Waals surface area (Å²) in [6.07, 6.45) is 25.4. The third kappa shape index (κ3) is 18.0. The molecule has 4 heteroatoms. The van der Waals surface area contributed by atoms with E-state index in [9.17, 15) is 9.90 Å². The zero-order chi connectivity index (χ0) is 30.1. The Labute approximate surface area is 262 Å². The van der Waals surface area contributed by atoms with Gasteiger partial charge in [-0.15, -0.1) is 11.8 Å². The van der Waals surface area contributed by atoms with Crippen LogP contribution < -0.4 is 0 Å². The molecule has 0 heterocycles. The predicted octanol–water partition coefficient (Wildman–Crippen LogP) is 11.7. The number of hydrogen-bond donors (Lipinski definition) is 1. The lowest BCUT2D eigenvalue weighted by Gasteiger charge is -2.23. The Morgan fingerprint density at radius 1 is 0.690 bits per heavy atom. The first-order valence-corrected chi connectivity index (χ1v) is 18.3. The van der Waals surface area contributed by atoms with Gasteiger partial charge in [-0.1, -0.05) is 145 Å². The van der Waals surface area contributed by atoms with Crippen LogP contribution in [0.25, 0.3) is 0 Å². The summed E-state index contributed by atoms with van der Waals surface area (Å²) in [6.45, 7) is 4.48. The SMILES string of the molecule is CCCCCCCCC(C)O[C@@H](CCc1ccccc1C(=O)O)SCCCCCCCCCCCCc1ccccc1. The fraction of sp³-hybridized carbons (Fsp3) is 0.658. The molecule has 3 nitrogen and oxygen atoms in total. The van der Waals surface area contributed by atoms with E-state index in [-0.39, 0.29) is 11.5 Å². The molecule has 236 valence electrons. The fourth-order valence-corrected chi connectivity index (χ4v) is 6.84. The normalized spacial score (nSPS) is 12.8. The van der Waals surface area contributed by atoms with Gasteiger partial charge < -0.3 is 9.84 Å². The zero-order valence-electron chi connectivity index (χ0n) is 26.9. The maximum Gasteiger partial charge on any atom is 0.335 e. The van der Waals surface area contributed by atoms with Crippen LogP contribution in [-0.2, 0) is 17.6 Å². The Kier molecular flexibility index (Phi) is 21.4. The van der Waals surface area contributed by atoms with Crippen molar-refractivity contribution >= 4 is 17.7 Å². The largest absolute Gasteiger partial charge is 0.478 e. The van der Waals surface area contributed by atoms with E-state index < -0.39 is 5.97 Å². The Hall–Kier alpha value is -1.78. The Balaban J connectivity index is 1.59. The summed E-state index contributed by atoms with van der Waals surface area (Å²) in [6, 6.07) is 18.3. The predicted molar refractivity (Wildman–Crippen MR) is 183 cm³/mol. The number of hydrogen-bond acceptors (Lipinski definition) is 3. The van der Waals surface area contributed by atoms with Crippen LogP contribution in [0, 0.1) is 0 Å². The molecule has 1 unspecified atom stereocenters. The summed E-state index contributed by atoms with van der Waals surface area (Å²) in [5, 5.41) is 9.58. The van der Waals surface area contributed by atoms with Crippen LogP contribution in [0.1, 0.15) is 151 Å². The van der Waals surface area contributed by atoms with Crippen LogP contribution in [0.5, 0.6) is 0 Å². The molecule has 0 fully saturated rings. The average Bonchev–Trinajstić information content (AvgIpc) is 3.00. The van der Waals surface area contributed by atoms with Gasteiger partial charge in [-0.2, -0.15) is 0 Å². The second-order valence-electron chi connectivity index (χ2n) is 12.1. The fourth-order valence-electron chi connectivity index (χ4n) is 5.66. The topological polar surface area (TPSA) is 46.5 Å². The van der Waals surface area contributed by atoms with E-state index in [4.69, 9.17) is 4.74 Å². The summed E-state index contributed by atoms with van der Waals surface area (Å²) < 4.78 is 6.54. The number of carboxylic acid groups (broad SMARTS) is 1. The highest BCUT2D eigenvalue weighted by Crippen LogP contribution is 2.25. The van der Waals surface area contributed by atoms with Gasteiger partial charge in [0.15, 0.2) is 0 Å². The molecule has 1 N–H and O–H groups in total. The number of ether oxygens (including phenoxy) is 1. The lowest BCUT2D eigenvalue weighted by Crippen LogP contribution is -2.19. The molecular weight excluding hydrogens is 536 g/mol. The summed E-state index contributed by atoms with van der Waals surface area (Å²) in [5.74, 6) is 0.284. The third-order valence-electron chi connectivity index (χ3n) is 8.25. The molecule has 0 radical (unpaired) electrons. The standard InChI is InChI=1S/C38H60O3S/c1-3-4-5-6-13-17-24-33(2)41-37(31-30-35-28-21-22-29-36(35)38(39)40)42-32-23-15-12-10-8-7-9-11-14-18-25-34-26-19-16-20-27-34/h16,19-22,26-29,33,37H,3-15,17-18,23-25,30-32H2,1-2H3,(H,39,40)/t33?,37-/m1/s1. The smallest absolute Gasteiger partial charge is 0.335 e. The molecule has 0 aromatic heterocycles. The van der Waals surface area contributed by atoms with Gasteiger partial charge in [0.2, 0.25) is 0 Å². The van der Waals surface area contributed by atoms with Gasteiger partial charge in [-0.25, -0.2) is 4.79 Å². The molecule has 2 aromatic rings. The first-order valence-electron chi connectivity index (χ1n) is 17.2. The third-order valence-corrected chi connectivity index (χ3v) is 9.49. The number of unbranched alkanes of at least 4 members (excludes halogenated alkanes) is 14. The molecule has 0 spiro atoms. The minimum atomic E-state index is -0.838. The second kappa shape index (κ2) is 24.6. The van der Waals surface area contributed by atoms with E-state index in [0.29, 0.717) is 5.56 Å². The van der Waals surface area contributed by atoms with Gasteiger partial charge in [0.25, 0.3) is 0 Å². The average molecular weight is 597 g/mol. The van der Waals surface area contributed by atoms with Crippen molar-refractivity contribution in [3.63, 3.8) is 0 Å². The minimum absolute atomic E-state index is 0.129. The van der Waals surface area contributed by atoms with E-state index >= 15 is 0 Å². The zero-order valence-corrected chi connectivity index (χ0v) is 27.7. The lowest BCUT2D eigenvalue weighted by atomic mass is 10.0. The number of benzene rings is 2. The summed E-state index contributed by atoms with van der Waals surface area (Å²) in [5.41, 5.74) is 2.94. The minimum Gasteiger partial charge on any atom is -0.478 e. The Morgan fingerprint density at radius 3 is 1.93 bits per heavy atom. The Morgan fingerprint density at radius 2 is 1.26 bits per heavy atom. The van der Waals surface area contributed by atoms with E-state index in [2.05, 4.69) is 44.2 Å². The summed E-state index contributed by atoms with van der Waals surface area (Å²) >= 11 is 1.94. The summed E-state index contributed by atoms with van der Waals surface area (Å²) in [4.78, 5) is 11.7. The van der Waals surface area contributed by atoms with Gasteiger partial charge in [-0.3, -0.25) is 0 Å². The molecule has 0 bridgehead atoms. The highest BCUT2D eigenvalue weighted by molar-refractivity contribution is 7.99.